The maximum Gasteiger partial charge on any atom is 0.227 e. The summed E-state index contributed by atoms with van der Waals surface area (Å²) >= 11 is 0. The van der Waals surface area contributed by atoms with Gasteiger partial charge in [0.1, 0.15) is 18.5 Å². The molecule has 26 heavy (non-hydrogen) atoms. The Bertz CT molecular complexity index is 715. The van der Waals surface area contributed by atoms with Crippen LogP contribution >= 0.6 is 0 Å². The van der Waals surface area contributed by atoms with Gasteiger partial charge in [-0.15, -0.1) is 0 Å². The Morgan fingerprint density at radius 2 is 1.65 bits per heavy atom. The molecule has 4 heterocycles. The molecular weight excluding hydrogens is 328 g/mol. The molecule has 0 aliphatic carbocycles. The first-order valence-electron chi connectivity index (χ1n) is 9.60. The van der Waals surface area contributed by atoms with Crippen LogP contribution in [0.15, 0.2) is 12.7 Å². The van der Waals surface area contributed by atoms with Crippen LogP contribution in [-0.2, 0) is 6.54 Å². The number of aryl methyl sites for hydroxylation is 1. The maximum absolute atomic E-state index is 4.95. The van der Waals surface area contributed by atoms with Crippen molar-refractivity contribution in [3.8, 4) is 0 Å². The molecule has 0 spiro atoms. The van der Waals surface area contributed by atoms with E-state index in [1.54, 1.807) is 12.7 Å². The number of hydrogen-bond donors (Lipinski definition) is 0. The third-order valence-electron chi connectivity index (χ3n) is 5.52. The lowest BCUT2D eigenvalue weighted by atomic mass is 10.2. The summed E-state index contributed by atoms with van der Waals surface area (Å²) in [7, 11) is 0. The molecule has 140 valence electrons. The molecule has 2 aliphatic heterocycles. The molecule has 0 unspecified atom stereocenters. The quantitative estimate of drug-likeness (QED) is 0.795. The summed E-state index contributed by atoms with van der Waals surface area (Å²) in [6.07, 6.45) is 5.87. The van der Waals surface area contributed by atoms with E-state index in [4.69, 9.17) is 9.97 Å². The summed E-state index contributed by atoms with van der Waals surface area (Å²) < 4.78 is 1.90. The van der Waals surface area contributed by atoms with Crippen LogP contribution in [0.3, 0.4) is 0 Å². The largest absolute Gasteiger partial charge is 0.354 e. The summed E-state index contributed by atoms with van der Waals surface area (Å²) in [5.74, 6) is 2.03. The minimum Gasteiger partial charge on any atom is -0.354 e. The molecule has 0 radical (unpaired) electrons. The van der Waals surface area contributed by atoms with Crippen molar-refractivity contribution < 1.29 is 0 Å². The number of aromatic nitrogens is 5. The predicted octanol–water partition coefficient (Wildman–Crippen LogP) is 1.11. The second-order valence-electron chi connectivity index (χ2n) is 7.24. The number of nitrogens with zero attached hydrogens (tertiary/aromatic N) is 8. The van der Waals surface area contributed by atoms with Crippen LogP contribution in [0.4, 0.5) is 11.8 Å². The smallest absolute Gasteiger partial charge is 0.227 e. The van der Waals surface area contributed by atoms with Crippen LogP contribution in [0.25, 0.3) is 0 Å². The van der Waals surface area contributed by atoms with Crippen LogP contribution in [0.2, 0.25) is 0 Å². The van der Waals surface area contributed by atoms with Crippen molar-refractivity contribution in [1.82, 2.24) is 29.6 Å². The number of piperazine rings is 1. The van der Waals surface area contributed by atoms with Gasteiger partial charge in [-0.3, -0.25) is 9.58 Å². The zero-order chi connectivity index (χ0) is 17.9. The fourth-order valence-corrected chi connectivity index (χ4v) is 3.74. The SMILES string of the molecule is Cc1nc(N2CCCC2)nc(N2CCN(CCn3cncn3)CC2)c1C. The van der Waals surface area contributed by atoms with Crippen LogP contribution < -0.4 is 9.80 Å². The van der Waals surface area contributed by atoms with E-state index in [1.807, 2.05) is 4.68 Å². The molecule has 0 aromatic carbocycles. The predicted molar refractivity (Wildman–Crippen MR) is 102 cm³/mol. The van der Waals surface area contributed by atoms with Gasteiger partial charge in [0.05, 0.1) is 6.54 Å². The van der Waals surface area contributed by atoms with Crippen molar-refractivity contribution in [1.29, 1.82) is 0 Å². The normalized spacial score (nSPS) is 18.7. The summed E-state index contributed by atoms with van der Waals surface area (Å²) in [5.41, 5.74) is 2.31. The van der Waals surface area contributed by atoms with Crippen LogP contribution in [0.1, 0.15) is 24.1 Å². The van der Waals surface area contributed by atoms with Crippen molar-refractivity contribution >= 4 is 11.8 Å². The van der Waals surface area contributed by atoms with E-state index in [0.29, 0.717) is 0 Å². The second-order valence-corrected chi connectivity index (χ2v) is 7.24. The van der Waals surface area contributed by atoms with Gasteiger partial charge in [0, 0.05) is 57.1 Å². The lowest BCUT2D eigenvalue weighted by Gasteiger charge is -2.36. The van der Waals surface area contributed by atoms with Gasteiger partial charge in [0.15, 0.2) is 0 Å². The van der Waals surface area contributed by atoms with Crippen LogP contribution in [0.5, 0.6) is 0 Å². The molecule has 2 aromatic rings. The highest BCUT2D eigenvalue weighted by molar-refractivity contribution is 5.53. The Labute approximate surface area is 154 Å². The summed E-state index contributed by atoms with van der Waals surface area (Å²) in [4.78, 5) is 20.9. The average Bonchev–Trinajstić information content (AvgIpc) is 3.36. The van der Waals surface area contributed by atoms with Crippen molar-refractivity contribution in [3.05, 3.63) is 23.9 Å². The van der Waals surface area contributed by atoms with E-state index >= 15 is 0 Å². The van der Waals surface area contributed by atoms with E-state index in [0.717, 1.165) is 69.8 Å². The fraction of sp³-hybridized carbons (Fsp3) is 0.667. The zero-order valence-electron chi connectivity index (χ0n) is 15.8. The van der Waals surface area contributed by atoms with Crippen molar-refractivity contribution in [2.75, 3.05) is 55.6 Å². The number of hydrogen-bond acceptors (Lipinski definition) is 7. The Hall–Kier alpha value is -2.22. The summed E-state index contributed by atoms with van der Waals surface area (Å²) in [5, 5.41) is 4.18. The topological polar surface area (TPSA) is 66.2 Å². The molecule has 0 atom stereocenters. The molecule has 2 fully saturated rings. The lowest BCUT2D eigenvalue weighted by Crippen LogP contribution is -2.48. The molecule has 2 saturated heterocycles. The molecule has 4 rings (SSSR count). The molecule has 0 amide bonds. The minimum absolute atomic E-state index is 0.894. The van der Waals surface area contributed by atoms with Crippen molar-refractivity contribution in [2.45, 2.75) is 33.2 Å². The first-order chi connectivity index (χ1) is 12.7. The standard InChI is InChI=1S/C18H28N8/c1-15-16(2)21-18(25-5-3-4-6-25)22-17(15)24-10-7-23(8-11-24)9-12-26-14-19-13-20-26/h13-14H,3-12H2,1-2H3. The van der Waals surface area contributed by atoms with Crippen molar-refractivity contribution in [2.24, 2.45) is 0 Å². The summed E-state index contributed by atoms with van der Waals surface area (Å²) in [6, 6.07) is 0. The van der Waals surface area contributed by atoms with Crippen molar-refractivity contribution in [3.63, 3.8) is 0 Å². The minimum atomic E-state index is 0.894. The summed E-state index contributed by atoms with van der Waals surface area (Å²) in [6.45, 7) is 12.4. The number of rotatable bonds is 5. The van der Waals surface area contributed by atoms with Gasteiger partial charge in [-0.1, -0.05) is 0 Å². The van der Waals surface area contributed by atoms with E-state index < -0.39 is 0 Å². The lowest BCUT2D eigenvalue weighted by molar-refractivity contribution is 0.244. The molecular formula is C18H28N8. The van der Waals surface area contributed by atoms with E-state index in [1.165, 1.54) is 18.4 Å². The highest BCUT2D eigenvalue weighted by Gasteiger charge is 2.23. The first kappa shape index (κ1) is 17.2. The van der Waals surface area contributed by atoms with Crippen LogP contribution in [0, 0.1) is 13.8 Å². The molecule has 0 saturated carbocycles. The van der Waals surface area contributed by atoms with Gasteiger partial charge in [-0.05, 0) is 26.7 Å². The average molecular weight is 356 g/mol. The zero-order valence-corrected chi connectivity index (χ0v) is 15.8. The Morgan fingerprint density at radius 1 is 0.885 bits per heavy atom. The number of anilines is 2. The highest BCUT2D eigenvalue weighted by Crippen LogP contribution is 2.25. The first-order valence-corrected chi connectivity index (χ1v) is 9.60. The molecule has 8 nitrogen and oxygen atoms in total. The van der Waals surface area contributed by atoms with E-state index in [-0.39, 0.29) is 0 Å². The Kier molecular flexibility index (Phi) is 5.01. The highest BCUT2D eigenvalue weighted by atomic mass is 15.4. The van der Waals surface area contributed by atoms with Gasteiger partial charge in [0.2, 0.25) is 5.95 Å². The van der Waals surface area contributed by atoms with Gasteiger partial charge in [-0.2, -0.15) is 10.1 Å². The van der Waals surface area contributed by atoms with Gasteiger partial charge >= 0.3 is 0 Å². The van der Waals surface area contributed by atoms with E-state index in [9.17, 15) is 0 Å². The monoisotopic (exact) mass is 356 g/mol. The molecule has 0 bridgehead atoms. The molecule has 0 N–H and O–H groups in total. The third kappa shape index (κ3) is 3.65. The van der Waals surface area contributed by atoms with Crippen LogP contribution in [-0.4, -0.2) is 75.4 Å². The Morgan fingerprint density at radius 3 is 2.35 bits per heavy atom. The molecule has 2 aromatic heterocycles. The molecule has 2 aliphatic rings. The third-order valence-corrected chi connectivity index (χ3v) is 5.52. The second kappa shape index (κ2) is 7.57. The Balaban J connectivity index is 1.40. The van der Waals surface area contributed by atoms with Gasteiger partial charge in [-0.25, -0.2) is 9.97 Å². The van der Waals surface area contributed by atoms with E-state index in [2.05, 4.69) is 38.6 Å². The maximum atomic E-state index is 4.95. The molecule has 8 heteroatoms. The van der Waals surface area contributed by atoms with Gasteiger partial charge < -0.3 is 9.80 Å². The van der Waals surface area contributed by atoms with Gasteiger partial charge in [0.25, 0.3) is 0 Å². The fourth-order valence-electron chi connectivity index (χ4n) is 3.74.